The van der Waals surface area contributed by atoms with Crippen LogP contribution in [-0.4, -0.2) is 39.1 Å². The zero-order chi connectivity index (χ0) is 21.1. The van der Waals surface area contributed by atoms with Crippen LogP contribution in [0.15, 0.2) is 48.7 Å². The average Bonchev–Trinajstić information content (AvgIpc) is 2.99. The molecule has 0 saturated carbocycles. The fraction of sp³-hybridized carbons (Fsp3) is 0.381. The summed E-state index contributed by atoms with van der Waals surface area (Å²) in [5, 5.41) is 11.0. The first-order chi connectivity index (χ1) is 13.8. The molecular formula is C21H24N4O4. The lowest BCUT2D eigenvalue weighted by Crippen LogP contribution is -2.39. The Morgan fingerprint density at radius 2 is 1.90 bits per heavy atom. The Hall–Kier alpha value is -3.13. The van der Waals surface area contributed by atoms with E-state index in [0.29, 0.717) is 18.8 Å². The van der Waals surface area contributed by atoms with Gasteiger partial charge in [-0.3, -0.25) is 29.5 Å². The summed E-state index contributed by atoms with van der Waals surface area (Å²) >= 11 is 0. The van der Waals surface area contributed by atoms with Crippen molar-refractivity contribution >= 4 is 23.2 Å². The highest BCUT2D eigenvalue weighted by Gasteiger charge is 2.48. The van der Waals surface area contributed by atoms with Crippen molar-refractivity contribution in [1.29, 1.82) is 0 Å². The molecule has 2 heterocycles. The molecule has 0 radical (unpaired) electrons. The van der Waals surface area contributed by atoms with Crippen LogP contribution in [0.5, 0.6) is 0 Å². The number of carbonyl (C=O) groups is 2. The molecule has 0 aliphatic carbocycles. The first kappa shape index (κ1) is 20.6. The van der Waals surface area contributed by atoms with Crippen molar-refractivity contribution in [1.82, 2.24) is 9.88 Å². The number of nitro benzene ring substituents is 1. The van der Waals surface area contributed by atoms with Gasteiger partial charge in [-0.1, -0.05) is 19.9 Å². The Labute approximate surface area is 169 Å². The van der Waals surface area contributed by atoms with E-state index in [0.717, 1.165) is 5.56 Å². The number of hydrogen-bond donors (Lipinski definition) is 0. The van der Waals surface area contributed by atoms with Crippen molar-refractivity contribution in [3.05, 3.63) is 64.3 Å². The van der Waals surface area contributed by atoms with E-state index in [9.17, 15) is 19.7 Å². The topological polar surface area (TPSA) is 96.7 Å². The molecule has 2 atom stereocenters. The monoisotopic (exact) mass is 396 g/mol. The van der Waals surface area contributed by atoms with Gasteiger partial charge in [-0.05, 0) is 42.7 Å². The Morgan fingerprint density at radius 1 is 1.21 bits per heavy atom. The highest BCUT2D eigenvalue weighted by molar-refractivity contribution is 5.99. The molecular weight excluding hydrogens is 372 g/mol. The minimum Gasteiger partial charge on any atom is -0.300 e. The van der Waals surface area contributed by atoms with E-state index < -0.39 is 17.1 Å². The second-order valence-corrected chi connectivity index (χ2v) is 7.50. The molecule has 3 rings (SSSR count). The van der Waals surface area contributed by atoms with E-state index in [1.54, 1.807) is 35.4 Å². The van der Waals surface area contributed by atoms with Gasteiger partial charge in [0.05, 0.1) is 11.0 Å². The first-order valence-corrected chi connectivity index (χ1v) is 9.55. The van der Waals surface area contributed by atoms with E-state index in [4.69, 9.17) is 0 Å². The van der Waals surface area contributed by atoms with Crippen LogP contribution < -0.4 is 4.90 Å². The van der Waals surface area contributed by atoms with Crippen molar-refractivity contribution in [3.63, 3.8) is 0 Å². The zero-order valence-corrected chi connectivity index (χ0v) is 16.7. The Balaban J connectivity index is 2.10. The summed E-state index contributed by atoms with van der Waals surface area (Å²) < 4.78 is 0. The number of amides is 1. The quantitative estimate of drug-likeness (QED) is 0.526. The number of benzene rings is 1. The van der Waals surface area contributed by atoms with Crippen molar-refractivity contribution in [2.75, 3.05) is 11.4 Å². The van der Waals surface area contributed by atoms with E-state index in [1.165, 1.54) is 19.1 Å². The van der Waals surface area contributed by atoms with Crippen molar-refractivity contribution in [3.8, 4) is 0 Å². The number of nitrogens with zero attached hydrogens (tertiary/aromatic N) is 4. The molecule has 8 nitrogen and oxygen atoms in total. The number of carbonyl (C=O) groups excluding carboxylic acids is 2. The molecule has 1 saturated heterocycles. The van der Waals surface area contributed by atoms with Crippen molar-refractivity contribution < 1.29 is 14.5 Å². The maximum atomic E-state index is 13.4. The lowest BCUT2D eigenvalue weighted by atomic mass is 10.0. The van der Waals surface area contributed by atoms with Crippen molar-refractivity contribution in [2.45, 2.75) is 39.4 Å². The van der Waals surface area contributed by atoms with Gasteiger partial charge in [0.25, 0.3) is 5.69 Å². The highest BCUT2D eigenvalue weighted by atomic mass is 16.6. The van der Waals surface area contributed by atoms with Gasteiger partial charge in [0.15, 0.2) is 0 Å². The van der Waals surface area contributed by atoms with Crippen LogP contribution in [0.2, 0.25) is 0 Å². The molecule has 0 bridgehead atoms. The number of Topliss-reactive ketones (excluding diaryl/α,β-unsaturated/α-hetero) is 1. The van der Waals surface area contributed by atoms with Crippen molar-refractivity contribution in [2.24, 2.45) is 5.92 Å². The van der Waals surface area contributed by atoms with E-state index in [2.05, 4.69) is 4.98 Å². The number of anilines is 1. The first-order valence-electron chi connectivity index (χ1n) is 9.55. The van der Waals surface area contributed by atoms with Gasteiger partial charge in [-0.2, -0.15) is 0 Å². The molecule has 1 aromatic heterocycles. The van der Waals surface area contributed by atoms with Gasteiger partial charge in [-0.25, -0.2) is 4.98 Å². The minimum absolute atomic E-state index is 0.0156. The molecule has 1 amide bonds. The minimum atomic E-state index is -0.495. The average molecular weight is 396 g/mol. The summed E-state index contributed by atoms with van der Waals surface area (Å²) in [6, 6.07) is 11.1. The number of ketones is 1. The van der Waals surface area contributed by atoms with E-state index in [1.807, 2.05) is 24.8 Å². The summed E-state index contributed by atoms with van der Waals surface area (Å²) in [4.78, 5) is 43.7. The molecule has 8 heteroatoms. The number of non-ortho nitro benzene ring substituents is 1. The SMILES string of the molecule is CC(=O)CCN1[C@@H](C(C)C)C(=O)N(c2ccccn2)[C@H]1c1ccc([N+](=O)[O-])cc1. The molecule has 1 aromatic carbocycles. The summed E-state index contributed by atoms with van der Waals surface area (Å²) in [6.07, 6.45) is 1.44. The van der Waals surface area contributed by atoms with Crippen LogP contribution in [0, 0.1) is 16.0 Å². The molecule has 1 aliphatic rings. The predicted molar refractivity (Wildman–Crippen MR) is 108 cm³/mol. The molecule has 0 spiro atoms. The summed E-state index contributed by atoms with van der Waals surface area (Å²) in [6.45, 7) is 5.88. The fourth-order valence-electron chi connectivity index (χ4n) is 3.76. The third kappa shape index (κ3) is 4.17. The fourth-order valence-corrected chi connectivity index (χ4v) is 3.76. The molecule has 152 valence electrons. The summed E-state index contributed by atoms with van der Waals surface area (Å²) in [5.74, 6) is 0.477. The lowest BCUT2D eigenvalue weighted by Gasteiger charge is -2.32. The van der Waals surface area contributed by atoms with Crippen LogP contribution in [-0.2, 0) is 9.59 Å². The standard InChI is InChI=1S/C21H24N4O4/c1-14(2)19-21(27)24(18-6-4-5-12-22-18)20(23(19)13-11-15(3)26)16-7-9-17(10-8-16)25(28)29/h4-10,12,14,19-20H,11,13H2,1-3H3/t19-,20-/m0/s1. The summed E-state index contributed by atoms with van der Waals surface area (Å²) in [5.41, 5.74) is 0.722. The number of rotatable bonds is 7. The maximum absolute atomic E-state index is 13.4. The molecule has 2 aromatic rings. The maximum Gasteiger partial charge on any atom is 0.269 e. The number of hydrogen-bond acceptors (Lipinski definition) is 6. The molecule has 1 aliphatic heterocycles. The molecule has 0 N–H and O–H groups in total. The molecule has 0 unspecified atom stereocenters. The predicted octanol–water partition coefficient (Wildman–Crippen LogP) is 3.34. The second kappa shape index (κ2) is 8.48. The normalized spacial score (nSPS) is 19.7. The van der Waals surface area contributed by atoms with E-state index >= 15 is 0 Å². The molecule has 1 fully saturated rings. The van der Waals surface area contributed by atoms with Gasteiger partial charge in [0, 0.05) is 31.3 Å². The number of pyridine rings is 1. The third-order valence-electron chi connectivity index (χ3n) is 5.06. The van der Waals surface area contributed by atoms with E-state index in [-0.39, 0.29) is 23.3 Å². The Morgan fingerprint density at radius 3 is 2.41 bits per heavy atom. The van der Waals surface area contributed by atoms with Gasteiger partial charge in [0.1, 0.15) is 17.8 Å². The Bertz CT molecular complexity index is 899. The van der Waals surface area contributed by atoms with Gasteiger partial charge < -0.3 is 0 Å². The number of aromatic nitrogens is 1. The second-order valence-electron chi connectivity index (χ2n) is 7.50. The van der Waals surface area contributed by atoms with Crippen LogP contribution in [0.3, 0.4) is 0 Å². The highest BCUT2D eigenvalue weighted by Crippen LogP contribution is 2.40. The third-order valence-corrected chi connectivity index (χ3v) is 5.06. The van der Waals surface area contributed by atoms with Crippen LogP contribution in [0.25, 0.3) is 0 Å². The van der Waals surface area contributed by atoms with Gasteiger partial charge in [-0.15, -0.1) is 0 Å². The lowest BCUT2D eigenvalue weighted by molar-refractivity contribution is -0.384. The summed E-state index contributed by atoms with van der Waals surface area (Å²) in [7, 11) is 0. The Kier molecular flexibility index (Phi) is 6.03. The smallest absolute Gasteiger partial charge is 0.269 e. The van der Waals surface area contributed by atoms with Crippen LogP contribution >= 0.6 is 0 Å². The molecule has 29 heavy (non-hydrogen) atoms. The van der Waals surface area contributed by atoms with Crippen LogP contribution in [0.4, 0.5) is 11.5 Å². The largest absolute Gasteiger partial charge is 0.300 e. The number of nitro groups is 1. The van der Waals surface area contributed by atoms with Gasteiger partial charge >= 0.3 is 0 Å². The van der Waals surface area contributed by atoms with Gasteiger partial charge in [0.2, 0.25) is 5.91 Å². The zero-order valence-electron chi connectivity index (χ0n) is 16.7. The van der Waals surface area contributed by atoms with Crippen LogP contribution in [0.1, 0.15) is 38.9 Å².